The van der Waals surface area contributed by atoms with Gasteiger partial charge in [-0.1, -0.05) is 26.8 Å². The van der Waals surface area contributed by atoms with Crippen LogP contribution in [0.15, 0.2) is 24.4 Å². The summed E-state index contributed by atoms with van der Waals surface area (Å²) >= 11 is 0. The minimum absolute atomic E-state index is 0.657. The minimum Gasteiger partial charge on any atom is -0.278 e. The zero-order chi connectivity index (χ0) is 10.8. The molecule has 0 aliphatic heterocycles. The Morgan fingerprint density at radius 2 is 2.13 bits per heavy atom. The van der Waals surface area contributed by atoms with Crippen LogP contribution < -0.4 is 0 Å². The highest BCUT2D eigenvalue weighted by molar-refractivity contribution is 5.78. The van der Waals surface area contributed by atoms with Crippen LogP contribution in [-0.2, 0) is 0 Å². The lowest BCUT2D eigenvalue weighted by Crippen LogP contribution is -2.04. The molecule has 0 spiro atoms. The molecule has 1 unspecified atom stereocenters. The van der Waals surface area contributed by atoms with Gasteiger partial charge in [-0.15, -0.1) is 0 Å². The third-order valence-corrected chi connectivity index (χ3v) is 3.14. The van der Waals surface area contributed by atoms with Gasteiger partial charge in [0.15, 0.2) is 0 Å². The molecule has 1 aromatic heterocycles. The van der Waals surface area contributed by atoms with Gasteiger partial charge in [0.1, 0.15) is 0 Å². The first-order valence-corrected chi connectivity index (χ1v) is 5.65. The second kappa shape index (κ2) is 4.05. The van der Waals surface area contributed by atoms with Crippen molar-refractivity contribution in [1.82, 2.24) is 10.2 Å². The normalized spacial score (nSPS) is 13.6. The molecule has 0 saturated carbocycles. The summed E-state index contributed by atoms with van der Waals surface area (Å²) in [4.78, 5) is 0. The summed E-state index contributed by atoms with van der Waals surface area (Å²) in [6.45, 7) is 6.83. The molecule has 0 radical (unpaired) electrons. The summed E-state index contributed by atoms with van der Waals surface area (Å²) in [7, 11) is 0. The van der Waals surface area contributed by atoms with Crippen molar-refractivity contribution in [3.63, 3.8) is 0 Å². The van der Waals surface area contributed by atoms with Gasteiger partial charge < -0.3 is 0 Å². The maximum absolute atomic E-state index is 4.05. The summed E-state index contributed by atoms with van der Waals surface area (Å²) in [6, 6.07) is 6.60. The van der Waals surface area contributed by atoms with Gasteiger partial charge in [-0.25, -0.2) is 0 Å². The standard InChI is InChI=1S/C13H18N2/c1-4-12(9(2)3)10-5-6-13-11(7-10)8-14-15-13/h5-9,12H,4H2,1-3H3,(H,14,15). The molecule has 0 amide bonds. The van der Waals surface area contributed by atoms with Crippen LogP contribution in [0.5, 0.6) is 0 Å². The number of hydrogen-bond donors (Lipinski definition) is 1. The molecule has 2 heteroatoms. The first-order valence-electron chi connectivity index (χ1n) is 5.65. The van der Waals surface area contributed by atoms with E-state index in [-0.39, 0.29) is 0 Å². The predicted octanol–water partition coefficient (Wildman–Crippen LogP) is 3.71. The number of H-pyrrole nitrogens is 1. The van der Waals surface area contributed by atoms with E-state index in [9.17, 15) is 0 Å². The lowest BCUT2D eigenvalue weighted by atomic mass is 9.86. The van der Waals surface area contributed by atoms with E-state index in [2.05, 4.69) is 49.2 Å². The molecule has 2 aromatic rings. The van der Waals surface area contributed by atoms with Crippen LogP contribution in [0, 0.1) is 5.92 Å². The fourth-order valence-electron chi connectivity index (χ4n) is 2.28. The van der Waals surface area contributed by atoms with E-state index in [1.165, 1.54) is 17.4 Å². The third-order valence-electron chi connectivity index (χ3n) is 3.14. The topological polar surface area (TPSA) is 28.7 Å². The van der Waals surface area contributed by atoms with Gasteiger partial charge in [0.25, 0.3) is 0 Å². The maximum atomic E-state index is 4.05. The molecule has 15 heavy (non-hydrogen) atoms. The number of benzene rings is 1. The van der Waals surface area contributed by atoms with Gasteiger partial charge in [0.05, 0.1) is 11.7 Å². The molecule has 1 heterocycles. The van der Waals surface area contributed by atoms with Gasteiger partial charge in [-0.2, -0.15) is 5.10 Å². The summed E-state index contributed by atoms with van der Waals surface area (Å²) < 4.78 is 0. The van der Waals surface area contributed by atoms with Crippen LogP contribution in [0.2, 0.25) is 0 Å². The zero-order valence-corrected chi connectivity index (χ0v) is 9.62. The highest BCUT2D eigenvalue weighted by Crippen LogP contribution is 2.29. The number of rotatable bonds is 3. The van der Waals surface area contributed by atoms with Crippen LogP contribution in [-0.4, -0.2) is 10.2 Å². The van der Waals surface area contributed by atoms with E-state index < -0.39 is 0 Å². The molecule has 0 aliphatic carbocycles. The first-order chi connectivity index (χ1) is 7.22. The molecule has 0 saturated heterocycles. The molecule has 0 bridgehead atoms. The number of aromatic nitrogens is 2. The van der Waals surface area contributed by atoms with Crippen molar-refractivity contribution in [3.8, 4) is 0 Å². The lowest BCUT2D eigenvalue weighted by molar-refractivity contribution is 0.485. The van der Waals surface area contributed by atoms with Gasteiger partial charge in [-0.3, -0.25) is 5.10 Å². The first kappa shape index (κ1) is 10.2. The molecule has 1 N–H and O–H groups in total. The Kier molecular flexibility index (Phi) is 2.76. The van der Waals surface area contributed by atoms with Crippen molar-refractivity contribution in [2.45, 2.75) is 33.1 Å². The largest absolute Gasteiger partial charge is 0.278 e. The molecule has 2 rings (SSSR count). The SMILES string of the molecule is CCC(c1ccc2[nH]ncc2c1)C(C)C. The number of fused-ring (bicyclic) bond motifs is 1. The van der Waals surface area contributed by atoms with Crippen LogP contribution in [0.3, 0.4) is 0 Å². The Morgan fingerprint density at radius 3 is 2.80 bits per heavy atom. The van der Waals surface area contributed by atoms with Gasteiger partial charge >= 0.3 is 0 Å². The fraction of sp³-hybridized carbons (Fsp3) is 0.462. The van der Waals surface area contributed by atoms with Crippen LogP contribution in [0.25, 0.3) is 10.9 Å². The van der Waals surface area contributed by atoms with Crippen molar-refractivity contribution in [1.29, 1.82) is 0 Å². The van der Waals surface area contributed by atoms with E-state index in [1.54, 1.807) is 0 Å². The Labute approximate surface area is 90.7 Å². The number of aromatic amines is 1. The quantitative estimate of drug-likeness (QED) is 0.807. The second-order valence-electron chi connectivity index (χ2n) is 4.48. The lowest BCUT2D eigenvalue weighted by Gasteiger charge is -2.19. The molecule has 80 valence electrons. The Morgan fingerprint density at radius 1 is 1.33 bits per heavy atom. The average molecular weight is 202 g/mol. The maximum Gasteiger partial charge on any atom is 0.0650 e. The number of nitrogens with zero attached hydrogens (tertiary/aromatic N) is 1. The van der Waals surface area contributed by atoms with Crippen molar-refractivity contribution in [3.05, 3.63) is 30.0 Å². The summed E-state index contributed by atoms with van der Waals surface area (Å²) in [5.74, 6) is 1.35. The van der Waals surface area contributed by atoms with Crippen molar-refractivity contribution in [2.24, 2.45) is 5.92 Å². The molecule has 2 nitrogen and oxygen atoms in total. The predicted molar refractivity (Wildman–Crippen MR) is 64.0 cm³/mol. The van der Waals surface area contributed by atoms with Crippen molar-refractivity contribution < 1.29 is 0 Å². The third kappa shape index (κ3) is 1.89. The molecular formula is C13H18N2. The molecule has 1 atom stereocenters. The van der Waals surface area contributed by atoms with E-state index in [1.807, 2.05) is 6.20 Å². The molecular weight excluding hydrogens is 184 g/mol. The van der Waals surface area contributed by atoms with Gasteiger partial charge in [0.2, 0.25) is 0 Å². The highest BCUT2D eigenvalue weighted by atomic mass is 15.1. The number of hydrogen-bond acceptors (Lipinski definition) is 1. The molecule has 1 aromatic carbocycles. The molecule has 0 aliphatic rings. The van der Waals surface area contributed by atoms with Crippen LogP contribution in [0.4, 0.5) is 0 Å². The summed E-state index contributed by atoms with van der Waals surface area (Å²) in [6.07, 6.45) is 3.09. The van der Waals surface area contributed by atoms with Gasteiger partial charge in [-0.05, 0) is 36.0 Å². The highest BCUT2D eigenvalue weighted by Gasteiger charge is 2.13. The van der Waals surface area contributed by atoms with Crippen molar-refractivity contribution >= 4 is 10.9 Å². The smallest absolute Gasteiger partial charge is 0.0650 e. The van der Waals surface area contributed by atoms with Gasteiger partial charge in [0, 0.05) is 5.39 Å². The van der Waals surface area contributed by atoms with Crippen molar-refractivity contribution in [2.75, 3.05) is 0 Å². The van der Waals surface area contributed by atoms with E-state index in [0.717, 1.165) is 5.52 Å². The second-order valence-corrected chi connectivity index (χ2v) is 4.48. The van der Waals surface area contributed by atoms with Crippen LogP contribution >= 0.6 is 0 Å². The van der Waals surface area contributed by atoms with E-state index in [0.29, 0.717) is 11.8 Å². The average Bonchev–Trinajstić information content (AvgIpc) is 2.65. The minimum atomic E-state index is 0.657. The van der Waals surface area contributed by atoms with E-state index in [4.69, 9.17) is 0 Å². The summed E-state index contributed by atoms with van der Waals surface area (Å²) in [5, 5.41) is 8.24. The number of nitrogens with one attached hydrogen (secondary N) is 1. The van der Waals surface area contributed by atoms with Crippen LogP contribution in [0.1, 0.15) is 38.7 Å². The Balaban J connectivity index is 2.41. The monoisotopic (exact) mass is 202 g/mol. The Bertz CT molecular complexity index is 442. The zero-order valence-electron chi connectivity index (χ0n) is 9.62. The molecule has 0 fully saturated rings. The Hall–Kier alpha value is -1.31. The fourth-order valence-corrected chi connectivity index (χ4v) is 2.28. The summed E-state index contributed by atoms with van der Waals surface area (Å²) in [5.41, 5.74) is 2.55. The van der Waals surface area contributed by atoms with E-state index >= 15 is 0 Å².